The Morgan fingerprint density at radius 2 is 1.78 bits per heavy atom. The van der Waals surface area contributed by atoms with Crippen molar-refractivity contribution in [1.82, 2.24) is 0 Å². The van der Waals surface area contributed by atoms with Crippen molar-refractivity contribution in [3.63, 3.8) is 0 Å². The summed E-state index contributed by atoms with van der Waals surface area (Å²) in [6.45, 7) is 2.17. The minimum Gasteiger partial charge on any atom is -0.399 e. The van der Waals surface area contributed by atoms with Crippen LogP contribution in [0.2, 0.25) is 0 Å². The van der Waals surface area contributed by atoms with E-state index in [9.17, 15) is 0 Å². The van der Waals surface area contributed by atoms with E-state index in [0.29, 0.717) is 0 Å². The van der Waals surface area contributed by atoms with E-state index < -0.39 is 0 Å². The topological polar surface area (TPSA) is 29.9 Å². The van der Waals surface area contributed by atoms with E-state index in [1.54, 1.807) is 0 Å². The molecule has 0 bridgehead atoms. The highest BCUT2D eigenvalue weighted by molar-refractivity contribution is 5.67. The van der Waals surface area contributed by atoms with Gasteiger partial charge >= 0.3 is 0 Å². The predicted octanol–water partition coefficient (Wildman–Crippen LogP) is 2.83. The molecule has 0 unspecified atom stereocenters. The molecule has 1 aromatic heterocycles. The Bertz CT molecular complexity index is 554. The van der Waals surface area contributed by atoms with Gasteiger partial charge in [0.1, 0.15) is 7.05 Å². The molecule has 0 spiro atoms. The number of aromatic nitrogens is 1. The zero-order valence-electron chi connectivity index (χ0n) is 10.9. The molecule has 2 aromatic rings. The monoisotopic (exact) mass is 239 g/mol. The van der Waals surface area contributed by atoms with Crippen LogP contribution in [0.15, 0.2) is 42.6 Å². The van der Waals surface area contributed by atoms with Crippen molar-refractivity contribution in [2.75, 3.05) is 5.73 Å². The van der Waals surface area contributed by atoms with Crippen LogP contribution in [0.3, 0.4) is 0 Å². The lowest BCUT2D eigenvalue weighted by Crippen LogP contribution is -2.31. The van der Waals surface area contributed by atoms with Crippen LogP contribution >= 0.6 is 0 Å². The maximum absolute atomic E-state index is 5.66. The molecular weight excluding hydrogens is 220 g/mol. The second-order valence-corrected chi connectivity index (χ2v) is 4.43. The van der Waals surface area contributed by atoms with Gasteiger partial charge < -0.3 is 5.73 Å². The lowest BCUT2D eigenvalue weighted by molar-refractivity contribution is -0.673. The van der Waals surface area contributed by atoms with Gasteiger partial charge in [-0.25, -0.2) is 4.57 Å². The minimum absolute atomic E-state index is 0.796. The molecule has 0 fully saturated rings. The molecule has 2 rings (SSSR count). The zero-order chi connectivity index (χ0) is 13.0. The van der Waals surface area contributed by atoms with Crippen LogP contribution < -0.4 is 10.3 Å². The summed E-state index contributed by atoms with van der Waals surface area (Å²) in [6, 6.07) is 12.2. The Morgan fingerprint density at radius 1 is 1.06 bits per heavy atom. The molecule has 2 heteroatoms. The van der Waals surface area contributed by atoms with Gasteiger partial charge in [0.05, 0.1) is 0 Å². The normalized spacial score (nSPS) is 11.0. The number of rotatable bonds is 3. The number of nitrogens with two attached hydrogens (primary N) is 1. The highest BCUT2D eigenvalue weighted by atomic mass is 14.9. The van der Waals surface area contributed by atoms with Gasteiger partial charge in [0.25, 0.3) is 0 Å². The van der Waals surface area contributed by atoms with E-state index in [1.807, 2.05) is 24.3 Å². The van der Waals surface area contributed by atoms with E-state index in [4.69, 9.17) is 5.73 Å². The lowest BCUT2D eigenvalue weighted by Gasteiger charge is -1.98. The molecule has 0 amide bonds. The van der Waals surface area contributed by atoms with Crippen LogP contribution in [0.4, 0.5) is 5.69 Å². The van der Waals surface area contributed by atoms with Crippen LogP contribution in [0, 0.1) is 0 Å². The summed E-state index contributed by atoms with van der Waals surface area (Å²) in [5.74, 6) is 0. The van der Waals surface area contributed by atoms with Crippen LogP contribution in [0.1, 0.15) is 23.7 Å². The molecule has 0 aliphatic rings. The summed E-state index contributed by atoms with van der Waals surface area (Å²) in [7, 11) is 2.07. The Balaban J connectivity index is 2.20. The van der Waals surface area contributed by atoms with Gasteiger partial charge in [0.2, 0.25) is 5.69 Å². The van der Waals surface area contributed by atoms with Crippen molar-refractivity contribution in [3.05, 3.63) is 59.4 Å². The van der Waals surface area contributed by atoms with E-state index in [2.05, 4.69) is 49.0 Å². The van der Waals surface area contributed by atoms with Crippen molar-refractivity contribution in [1.29, 1.82) is 0 Å². The number of benzene rings is 1. The van der Waals surface area contributed by atoms with Crippen molar-refractivity contribution in [2.45, 2.75) is 13.3 Å². The first kappa shape index (κ1) is 12.4. The van der Waals surface area contributed by atoms with Gasteiger partial charge in [-0.1, -0.05) is 19.1 Å². The minimum atomic E-state index is 0.796. The van der Waals surface area contributed by atoms with Crippen LogP contribution in [-0.4, -0.2) is 0 Å². The van der Waals surface area contributed by atoms with Gasteiger partial charge in [0, 0.05) is 23.4 Å². The Kier molecular flexibility index (Phi) is 3.78. The number of hydrogen-bond acceptors (Lipinski definition) is 1. The van der Waals surface area contributed by atoms with Crippen LogP contribution in [0.5, 0.6) is 0 Å². The summed E-state index contributed by atoms with van der Waals surface area (Å²) in [6.07, 6.45) is 7.45. The summed E-state index contributed by atoms with van der Waals surface area (Å²) < 4.78 is 2.15. The SMILES string of the molecule is CCc1ccc(/C=C/c2ccc(N)cc2)[n+](C)c1. The quantitative estimate of drug-likeness (QED) is 0.648. The first-order valence-corrected chi connectivity index (χ1v) is 6.21. The average Bonchev–Trinajstić information content (AvgIpc) is 2.39. The molecule has 92 valence electrons. The molecule has 0 saturated heterocycles. The molecule has 0 atom stereocenters. The second-order valence-electron chi connectivity index (χ2n) is 4.43. The van der Waals surface area contributed by atoms with E-state index in [1.165, 1.54) is 11.3 Å². The van der Waals surface area contributed by atoms with Crippen molar-refractivity contribution in [3.8, 4) is 0 Å². The van der Waals surface area contributed by atoms with E-state index >= 15 is 0 Å². The Morgan fingerprint density at radius 3 is 2.39 bits per heavy atom. The van der Waals surface area contributed by atoms with E-state index in [-0.39, 0.29) is 0 Å². The largest absolute Gasteiger partial charge is 0.399 e. The highest BCUT2D eigenvalue weighted by Crippen LogP contribution is 2.09. The number of pyridine rings is 1. The molecule has 0 aliphatic carbocycles. The molecule has 1 heterocycles. The third-order valence-electron chi connectivity index (χ3n) is 3.03. The molecule has 0 radical (unpaired) electrons. The summed E-state index contributed by atoms with van der Waals surface area (Å²) in [5.41, 5.74) is 10.1. The summed E-state index contributed by atoms with van der Waals surface area (Å²) in [4.78, 5) is 0. The average molecular weight is 239 g/mol. The maximum atomic E-state index is 5.66. The molecule has 18 heavy (non-hydrogen) atoms. The predicted molar refractivity (Wildman–Crippen MR) is 76.8 cm³/mol. The van der Waals surface area contributed by atoms with Crippen molar-refractivity contribution in [2.24, 2.45) is 7.05 Å². The number of nitrogen functional groups attached to an aromatic ring is 1. The molecule has 0 aliphatic heterocycles. The molecule has 0 saturated carbocycles. The van der Waals surface area contributed by atoms with Gasteiger partial charge in [-0.05, 0) is 36.3 Å². The van der Waals surface area contributed by atoms with Crippen molar-refractivity contribution >= 4 is 17.8 Å². The lowest BCUT2D eigenvalue weighted by atomic mass is 10.1. The van der Waals surface area contributed by atoms with Gasteiger partial charge in [-0.15, -0.1) is 0 Å². The number of hydrogen-bond donors (Lipinski definition) is 1. The first-order chi connectivity index (χ1) is 8.69. The number of nitrogens with zero attached hydrogens (tertiary/aromatic N) is 1. The molecule has 2 nitrogen and oxygen atoms in total. The highest BCUT2D eigenvalue weighted by Gasteiger charge is 2.03. The van der Waals surface area contributed by atoms with Gasteiger partial charge in [-0.3, -0.25) is 0 Å². The standard InChI is InChI=1S/C16H18N2/c1-3-13-6-10-16(18(2)12-13)11-7-14-4-8-15(17)9-5-14/h4-12,17H,3H2,1-2H3/p+1. The van der Waals surface area contributed by atoms with Crippen LogP contribution in [-0.2, 0) is 13.5 Å². The second kappa shape index (κ2) is 5.50. The Hall–Kier alpha value is -2.09. The maximum Gasteiger partial charge on any atom is 0.204 e. The van der Waals surface area contributed by atoms with Gasteiger partial charge in [-0.2, -0.15) is 0 Å². The van der Waals surface area contributed by atoms with Crippen molar-refractivity contribution < 1.29 is 4.57 Å². The van der Waals surface area contributed by atoms with Crippen LogP contribution in [0.25, 0.3) is 12.2 Å². The molecular formula is C16H19N2+. The number of anilines is 1. The Labute approximate surface area is 108 Å². The first-order valence-electron chi connectivity index (χ1n) is 6.21. The zero-order valence-corrected chi connectivity index (χ0v) is 10.9. The molecule has 1 aromatic carbocycles. The third kappa shape index (κ3) is 2.98. The third-order valence-corrected chi connectivity index (χ3v) is 3.03. The fourth-order valence-electron chi connectivity index (χ4n) is 1.85. The van der Waals surface area contributed by atoms with E-state index in [0.717, 1.165) is 17.7 Å². The fraction of sp³-hybridized carbons (Fsp3) is 0.188. The smallest absolute Gasteiger partial charge is 0.204 e. The fourth-order valence-corrected chi connectivity index (χ4v) is 1.85. The number of aryl methyl sites for hydroxylation is 2. The summed E-state index contributed by atoms with van der Waals surface area (Å²) >= 11 is 0. The summed E-state index contributed by atoms with van der Waals surface area (Å²) in [5, 5.41) is 0. The van der Waals surface area contributed by atoms with Gasteiger partial charge in [0.15, 0.2) is 6.20 Å². The molecule has 2 N–H and O–H groups in total.